The van der Waals surface area contributed by atoms with E-state index in [1.807, 2.05) is 0 Å². The van der Waals surface area contributed by atoms with Gasteiger partial charge in [0.25, 0.3) is 0 Å². The summed E-state index contributed by atoms with van der Waals surface area (Å²) in [5.74, 6) is 0. The lowest BCUT2D eigenvalue weighted by molar-refractivity contribution is 0.265. The molecule has 1 aromatic heterocycles. The average molecular weight is 304 g/mol. The second kappa shape index (κ2) is 7.16. The van der Waals surface area contributed by atoms with Crippen molar-refractivity contribution in [2.75, 3.05) is 6.61 Å². The van der Waals surface area contributed by atoms with Gasteiger partial charge in [0.1, 0.15) is 5.01 Å². The molecule has 1 aromatic carbocycles. The van der Waals surface area contributed by atoms with Crippen molar-refractivity contribution in [3.63, 3.8) is 0 Å². The molecule has 2 unspecified atom stereocenters. The van der Waals surface area contributed by atoms with Crippen LogP contribution in [0.15, 0.2) is 24.3 Å². The molecule has 4 heteroatoms. The number of aromatic nitrogens is 1. The molecule has 2 rings (SSSR count). The first-order valence-electron chi connectivity index (χ1n) is 7.42. The highest BCUT2D eigenvalue weighted by atomic mass is 32.1. The lowest BCUT2D eigenvalue weighted by Crippen LogP contribution is -2.29. The monoisotopic (exact) mass is 304 g/mol. The van der Waals surface area contributed by atoms with Gasteiger partial charge in [-0.2, -0.15) is 0 Å². The van der Waals surface area contributed by atoms with Crippen LogP contribution in [-0.4, -0.2) is 22.7 Å². The number of thiazole rings is 1. The maximum Gasteiger partial charge on any atom is 0.123 e. The fourth-order valence-corrected chi connectivity index (χ4v) is 3.49. The minimum Gasteiger partial charge on any atom is -0.396 e. The number of hydrogen-bond donors (Lipinski definition) is 2. The number of nitrogens with zero attached hydrogens (tertiary/aromatic N) is 1. The third-order valence-corrected chi connectivity index (χ3v) is 5.01. The van der Waals surface area contributed by atoms with Crippen LogP contribution in [0, 0.1) is 13.8 Å². The molecule has 0 amide bonds. The predicted octanol–water partition coefficient (Wildman–Crippen LogP) is 3.85. The van der Waals surface area contributed by atoms with Gasteiger partial charge in [-0.15, -0.1) is 11.3 Å². The first-order chi connectivity index (χ1) is 10.0. The van der Waals surface area contributed by atoms with Crippen molar-refractivity contribution in [1.29, 1.82) is 0 Å². The van der Waals surface area contributed by atoms with Crippen LogP contribution in [0.1, 0.15) is 42.4 Å². The summed E-state index contributed by atoms with van der Waals surface area (Å²) in [5.41, 5.74) is 3.53. The van der Waals surface area contributed by atoms with Crippen LogP contribution in [0.4, 0.5) is 0 Å². The van der Waals surface area contributed by atoms with Gasteiger partial charge in [-0.05, 0) is 34.1 Å². The Labute approximate surface area is 131 Å². The Morgan fingerprint density at radius 3 is 2.48 bits per heavy atom. The largest absolute Gasteiger partial charge is 0.396 e. The van der Waals surface area contributed by atoms with E-state index in [1.165, 1.54) is 16.0 Å². The smallest absolute Gasteiger partial charge is 0.123 e. The van der Waals surface area contributed by atoms with Crippen molar-refractivity contribution in [3.8, 4) is 10.6 Å². The minimum absolute atomic E-state index is 0.219. The quantitative estimate of drug-likeness (QED) is 0.852. The Kier molecular flexibility index (Phi) is 5.51. The highest BCUT2D eigenvalue weighted by Crippen LogP contribution is 2.32. The molecule has 0 saturated heterocycles. The van der Waals surface area contributed by atoms with Gasteiger partial charge in [0.15, 0.2) is 0 Å². The van der Waals surface area contributed by atoms with E-state index in [9.17, 15) is 0 Å². The summed E-state index contributed by atoms with van der Waals surface area (Å²) in [4.78, 5) is 5.99. The first kappa shape index (κ1) is 16.1. The summed E-state index contributed by atoms with van der Waals surface area (Å²) in [6.45, 7) is 8.64. The van der Waals surface area contributed by atoms with E-state index in [-0.39, 0.29) is 12.6 Å². The van der Waals surface area contributed by atoms with Crippen molar-refractivity contribution in [1.82, 2.24) is 10.3 Å². The molecular weight excluding hydrogens is 280 g/mol. The third kappa shape index (κ3) is 4.13. The molecule has 2 aromatic rings. The van der Waals surface area contributed by atoms with Crippen LogP contribution in [0.3, 0.4) is 0 Å². The minimum atomic E-state index is 0.219. The Bertz CT molecular complexity index is 577. The fraction of sp³-hybridized carbons (Fsp3) is 0.471. The Morgan fingerprint density at radius 1 is 1.19 bits per heavy atom. The number of rotatable bonds is 6. The zero-order valence-corrected chi connectivity index (χ0v) is 14.0. The van der Waals surface area contributed by atoms with Gasteiger partial charge in [0.2, 0.25) is 0 Å². The Hall–Kier alpha value is -1.23. The summed E-state index contributed by atoms with van der Waals surface area (Å²) < 4.78 is 0. The number of aliphatic hydroxyl groups excluding tert-OH is 1. The van der Waals surface area contributed by atoms with Crippen LogP contribution < -0.4 is 5.32 Å². The molecule has 0 aliphatic carbocycles. The Morgan fingerprint density at radius 2 is 1.86 bits per heavy atom. The zero-order valence-electron chi connectivity index (χ0n) is 13.2. The third-order valence-electron chi connectivity index (χ3n) is 3.62. The standard InChI is InChI=1S/C17H24N2OS/c1-11-5-7-15(8-6-11)17-19-14(4)16(21-17)13(3)18-12(2)9-10-20/h5-8,12-13,18,20H,9-10H2,1-4H3. The lowest BCUT2D eigenvalue weighted by Gasteiger charge is -2.18. The first-order valence-corrected chi connectivity index (χ1v) is 8.24. The normalized spacial score (nSPS) is 14.1. The summed E-state index contributed by atoms with van der Waals surface area (Å²) >= 11 is 1.75. The zero-order chi connectivity index (χ0) is 15.4. The maximum atomic E-state index is 9.00. The number of hydrogen-bond acceptors (Lipinski definition) is 4. The van der Waals surface area contributed by atoms with Gasteiger partial charge in [-0.3, -0.25) is 0 Å². The van der Waals surface area contributed by atoms with E-state index < -0.39 is 0 Å². The fourth-order valence-electron chi connectivity index (χ4n) is 2.41. The number of nitrogens with one attached hydrogen (secondary N) is 1. The van der Waals surface area contributed by atoms with Crippen LogP contribution in [0.25, 0.3) is 10.6 Å². The molecule has 0 aliphatic heterocycles. The van der Waals surface area contributed by atoms with Gasteiger partial charge in [0.05, 0.1) is 5.69 Å². The molecule has 0 fully saturated rings. The molecule has 0 saturated carbocycles. The second-order valence-corrected chi connectivity index (χ2v) is 6.67. The second-order valence-electron chi connectivity index (χ2n) is 5.64. The molecule has 0 radical (unpaired) electrons. The highest BCUT2D eigenvalue weighted by Gasteiger charge is 2.16. The lowest BCUT2D eigenvalue weighted by atomic mass is 10.1. The summed E-state index contributed by atoms with van der Waals surface area (Å²) in [5, 5.41) is 13.6. The molecule has 2 atom stereocenters. The van der Waals surface area contributed by atoms with Crippen molar-refractivity contribution in [3.05, 3.63) is 40.4 Å². The van der Waals surface area contributed by atoms with E-state index in [0.717, 1.165) is 17.1 Å². The number of aliphatic hydroxyl groups is 1. The van der Waals surface area contributed by atoms with E-state index in [1.54, 1.807) is 11.3 Å². The molecule has 114 valence electrons. The summed E-state index contributed by atoms with van der Waals surface area (Å²) in [6.07, 6.45) is 0.771. The van der Waals surface area contributed by atoms with Gasteiger partial charge < -0.3 is 10.4 Å². The molecule has 0 bridgehead atoms. The average Bonchev–Trinajstić information content (AvgIpc) is 2.82. The van der Waals surface area contributed by atoms with Crippen LogP contribution in [0.2, 0.25) is 0 Å². The van der Waals surface area contributed by atoms with Crippen molar-refractivity contribution >= 4 is 11.3 Å². The number of benzene rings is 1. The van der Waals surface area contributed by atoms with Crippen LogP contribution in [0.5, 0.6) is 0 Å². The van der Waals surface area contributed by atoms with Gasteiger partial charge in [-0.1, -0.05) is 29.8 Å². The molecule has 3 nitrogen and oxygen atoms in total. The summed E-state index contributed by atoms with van der Waals surface area (Å²) in [6, 6.07) is 9.05. The van der Waals surface area contributed by atoms with Gasteiger partial charge in [0, 0.05) is 29.1 Å². The molecule has 2 N–H and O–H groups in total. The van der Waals surface area contributed by atoms with E-state index in [4.69, 9.17) is 10.1 Å². The van der Waals surface area contributed by atoms with Gasteiger partial charge in [-0.25, -0.2) is 4.98 Å². The molecule has 1 heterocycles. The van der Waals surface area contributed by atoms with Crippen molar-refractivity contribution < 1.29 is 5.11 Å². The molecule has 0 spiro atoms. The van der Waals surface area contributed by atoms with E-state index >= 15 is 0 Å². The predicted molar refractivity (Wildman–Crippen MR) is 89.7 cm³/mol. The van der Waals surface area contributed by atoms with Crippen molar-refractivity contribution in [2.24, 2.45) is 0 Å². The Balaban J connectivity index is 2.17. The number of aryl methyl sites for hydroxylation is 2. The maximum absolute atomic E-state index is 9.00. The topological polar surface area (TPSA) is 45.2 Å². The van der Waals surface area contributed by atoms with Crippen LogP contribution >= 0.6 is 11.3 Å². The summed E-state index contributed by atoms with van der Waals surface area (Å²) in [7, 11) is 0. The van der Waals surface area contributed by atoms with Crippen molar-refractivity contribution in [2.45, 2.75) is 46.2 Å². The molecule has 21 heavy (non-hydrogen) atoms. The van der Waals surface area contributed by atoms with E-state index in [0.29, 0.717) is 6.04 Å². The molecule has 0 aliphatic rings. The SMILES string of the molecule is Cc1ccc(-c2nc(C)c(C(C)NC(C)CCO)s2)cc1. The molecular formula is C17H24N2OS. The highest BCUT2D eigenvalue weighted by molar-refractivity contribution is 7.15. The van der Waals surface area contributed by atoms with Crippen LogP contribution in [-0.2, 0) is 0 Å². The van der Waals surface area contributed by atoms with Gasteiger partial charge >= 0.3 is 0 Å². The van der Waals surface area contributed by atoms with E-state index in [2.05, 4.69) is 57.3 Å².